The van der Waals surface area contributed by atoms with Crippen LogP contribution in [0.15, 0.2) is 36.5 Å². The maximum Gasteiger partial charge on any atom is 0.271 e. The second-order valence-electron chi connectivity index (χ2n) is 4.52. The highest BCUT2D eigenvalue weighted by atomic mass is 35.5. The second-order valence-corrected chi connectivity index (χ2v) is 4.52. The van der Waals surface area contributed by atoms with E-state index < -0.39 is 0 Å². The number of rotatable bonds is 5. The fraction of sp³-hybridized carbons (Fsp3) is 0.286. The van der Waals surface area contributed by atoms with E-state index in [4.69, 9.17) is 0 Å². The Morgan fingerprint density at radius 1 is 1.33 bits per heavy atom. The number of carbonyl (C=O) groups is 1. The molecule has 0 fully saturated rings. The molecule has 0 aliphatic heterocycles. The van der Waals surface area contributed by atoms with E-state index in [-0.39, 0.29) is 30.2 Å². The fourth-order valence-corrected chi connectivity index (χ4v) is 1.62. The monoisotopic (exact) mass is 312 g/mol. The third-order valence-electron chi connectivity index (χ3n) is 2.97. The molecule has 1 aromatic carbocycles. The standard InChI is InChI=1S/C14H17FN4O.ClH/c1-10(16-2)9-17-14(20)13-7-8-19(18-13)12-5-3-11(15)4-6-12;/h3-8,10,16H,9H2,1-2H3,(H,17,20);1H. The van der Waals surface area contributed by atoms with Crippen LogP contribution in [0.3, 0.4) is 0 Å². The minimum absolute atomic E-state index is 0. The highest BCUT2D eigenvalue weighted by Crippen LogP contribution is 2.08. The van der Waals surface area contributed by atoms with Crippen molar-refractivity contribution in [3.05, 3.63) is 48.0 Å². The van der Waals surface area contributed by atoms with Gasteiger partial charge in [0.1, 0.15) is 5.82 Å². The third-order valence-corrected chi connectivity index (χ3v) is 2.97. The second kappa shape index (κ2) is 7.75. The summed E-state index contributed by atoms with van der Waals surface area (Å²) in [6.07, 6.45) is 1.67. The van der Waals surface area contributed by atoms with Crippen molar-refractivity contribution < 1.29 is 9.18 Å². The van der Waals surface area contributed by atoms with Crippen LogP contribution in [0.2, 0.25) is 0 Å². The lowest BCUT2D eigenvalue weighted by Gasteiger charge is -2.10. The molecule has 0 bridgehead atoms. The Morgan fingerprint density at radius 2 is 2.00 bits per heavy atom. The molecule has 0 radical (unpaired) electrons. The van der Waals surface area contributed by atoms with Crippen LogP contribution in [0.25, 0.3) is 5.69 Å². The first-order chi connectivity index (χ1) is 9.60. The number of halogens is 2. The zero-order valence-electron chi connectivity index (χ0n) is 11.8. The molecule has 5 nitrogen and oxygen atoms in total. The van der Waals surface area contributed by atoms with Gasteiger partial charge in [-0.05, 0) is 44.3 Å². The highest BCUT2D eigenvalue weighted by Gasteiger charge is 2.10. The first kappa shape index (κ1) is 17.1. The molecule has 1 unspecified atom stereocenters. The molecule has 2 aromatic rings. The van der Waals surface area contributed by atoms with Gasteiger partial charge < -0.3 is 10.6 Å². The molecule has 1 heterocycles. The highest BCUT2D eigenvalue weighted by molar-refractivity contribution is 5.92. The number of benzene rings is 1. The van der Waals surface area contributed by atoms with Crippen LogP contribution in [0, 0.1) is 5.82 Å². The normalized spacial score (nSPS) is 11.6. The Kier molecular flexibility index (Phi) is 6.33. The maximum absolute atomic E-state index is 12.8. The van der Waals surface area contributed by atoms with Crippen molar-refractivity contribution >= 4 is 18.3 Å². The van der Waals surface area contributed by atoms with E-state index in [0.717, 1.165) is 0 Å². The van der Waals surface area contributed by atoms with Gasteiger partial charge in [0.05, 0.1) is 5.69 Å². The van der Waals surface area contributed by atoms with Gasteiger partial charge in [0, 0.05) is 18.8 Å². The molecule has 2 rings (SSSR count). The summed E-state index contributed by atoms with van der Waals surface area (Å²) in [6.45, 7) is 2.50. The van der Waals surface area contributed by atoms with E-state index in [2.05, 4.69) is 15.7 Å². The minimum Gasteiger partial charge on any atom is -0.349 e. The van der Waals surface area contributed by atoms with Crippen molar-refractivity contribution in [2.75, 3.05) is 13.6 Å². The fourth-order valence-electron chi connectivity index (χ4n) is 1.62. The maximum atomic E-state index is 12.8. The topological polar surface area (TPSA) is 58.9 Å². The van der Waals surface area contributed by atoms with Crippen LogP contribution in [-0.2, 0) is 0 Å². The SMILES string of the molecule is CNC(C)CNC(=O)c1ccn(-c2ccc(F)cc2)n1.Cl. The number of nitrogens with zero attached hydrogens (tertiary/aromatic N) is 2. The lowest BCUT2D eigenvalue weighted by Crippen LogP contribution is -2.37. The summed E-state index contributed by atoms with van der Waals surface area (Å²) in [5.74, 6) is -0.534. The van der Waals surface area contributed by atoms with Crippen LogP contribution in [0.4, 0.5) is 4.39 Å². The average molecular weight is 313 g/mol. The minimum atomic E-state index is -0.306. The molecule has 0 aliphatic carbocycles. The third kappa shape index (κ3) is 4.54. The number of amides is 1. The van der Waals surface area contributed by atoms with E-state index in [1.165, 1.54) is 16.8 Å². The molecule has 1 aromatic heterocycles. The van der Waals surface area contributed by atoms with E-state index in [1.807, 2.05) is 14.0 Å². The quantitative estimate of drug-likeness (QED) is 0.884. The molecule has 1 atom stereocenters. The number of nitrogens with one attached hydrogen (secondary N) is 2. The van der Waals surface area contributed by atoms with E-state index >= 15 is 0 Å². The molecule has 0 saturated heterocycles. The zero-order chi connectivity index (χ0) is 14.5. The molecular formula is C14H18ClFN4O. The summed E-state index contributed by atoms with van der Waals surface area (Å²) in [6, 6.07) is 7.73. The van der Waals surface area contributed by atoms with E-state index in [9.17, 15) is 9.18 Å². The average Bonchev–Trinajstić information content (AvgIpc) is 2.95. The van der Waals surface area contributed by atoms with Crippen molar-refractivity contribution in [3.63, 3.8) is 0 Å². The lowest BCUT2D eigenvalue weighted by atomic mass is 10.3. The van der Waals surface area contributed by atoms with Gasteiger partial charge in [0.2, 0.25) is 0 Å². The lowest BCUT2D eigenvalue weighted by molar-refractivity contribution is 0.0945. The Bertz CT molecular complexity index is 585. The van der Waals surface area contributed by atoms with Crippen molar-refractivity contribution in [3.8, 4) is 5.69 Å². The van der Waals surface area contributed by atoms with Crippen molar-refractivity contribution in [1.82, 2.24) is 20.4 Å². The van der Waals surface area contributed by atoms with Crippen LogP contribution in [-0.4, -0.2) is 35.3 Å². The molecule has 0 aliphatic rings. The number of hydrogen-bond donors (Lipinski definition) is 2. The first-order valence-corrected chi connectivity index (χ1v) is 6.37. The van der Waals surface area contributed by atoms with Gasteiger partial charge in [0.25, 0.3) is 5.91 Å². The largest absolute Gasteiger partial charge is 0.349 e. The Hall–Kier alpha value is -1.92. The van der Waals surface area contributed by atoms with Gasteiger partial charge in [-0.15, -0.1) is 12.4 Å². The summed E-state index contributed by atoms with van der Waals surface area (Å²) >= 11 is 0. The van der Waals surface area contributed by atoms with E-state index in [1.54, 1.807) is 24.4 Å². The van der Waals surface area contributed by atoms with Gasteiger partial charge in [-0.2, -0.15) is 5.10 Å². The van der Waals surface area contributed by atoms with Crippen LogP contribution >= 0.6 is 12.4 Å². The molecule has 0 spiro atoms. The summed E-state index contributed by atoms with van der Waals surface area (Å²) in [4.78, 5) is 11.9. The summed E-state index contributed by atoms with van der Waals surface area (Å²) < 4.78 is 14.4. The zero-order valence-corrected chi connectivity index (χ0v) is 12.7. The van der Waals surface area contributed by atoms with Crippen LogP contribution < -0.4 is 10.6 Å². The van der Waals surface area contributed by atoms with Gasteiger partial charge in [-0.1, -0.05) is 0 Å². The van der Waals surface area contributed by atoms with E-state index in [0.29, 0.717) is 17.9 Å². The van der Waals surface area contributed by atoms with Gasteiger partial charge in [0.15, 0.2) is 5.69 Å². The number of carbonyl (C=O) groups excluding carboxylic acids is 1. The summed E-state index contributed by atoms with van der Waals surface area (Å²) in [5.41, 5.74) is 1.03. The van der Waals surface area contributed by atoms with Gasteiger partial charge >= 0.3 is 0 Å². The van der Waals surface area contributed by atoms with Crippen LogP contribution in [0.1, 0.15) is 17.4 Å². The molecule has 7 heteroatoms. The predicted molar refractivity (Wildman–Crippen MR) is 81.6 cm³/mol. The molecule has 0 saturated carbocycles. The molecule has 1 amide bonds. The van der Waals surface area contributed by atoms with Crippen molar-refractivity contribution in [1.29, 1.82) is 0 Å². The van der Waals surface area contributed by atoms with Crippen molar-refractivity contribution in [2.45, 2.75) is 13.0 Å². The van der Waals surface area contributed by atoms with Gasteiger partial charge in [-0.25, -0.2) is 9.07 Å². The molecule has 2 N–H and O–H groups in total. The Balaban J connectivity index is 0.00000220. The molecular weight excluding hydrogens is 295 g/mol. The predicted octanol–water partition coefficient (Wildman–Crippen LogP) is 1.77. The Morgan fingerprint density at radius 3 is 2.62 bits per heavy atom. The number of likely N-dealkylation sites (N-methyl/N-ethyl adjacent to an activating group) is 1. The summed E-state index contributed by atoms with van der Waals surface area (Å²) in [7, 11) is 1.83. The van der Waals surface area contributed by atoms with Gasteiger partial charge in [-0.3, -0.25) is 4.79 Å². The number of hydrogen-bond acceptors (Lipinski definition) is 3. The Labute approximate surface area is 129 Å². The first-order valence-electron chi connectivity index (χ1n) is 6.37. The smallest absolute Gasteiger partial charge is 0.271 e. The number of aromatic nitrogens is 2. The molecule has 21 heavy (non-hydrogen) atoms. The summed E-state index contributed by atoms with van der Waals surface area (Å²) in [5, 5.41) is 9.99. The van der Waals surface area contributed by atoms with Crippen molar-refractivity contribution in [2.24, 2.45) is 0 Å². The molecule has 114 valence electrons. The van der Waals surface area contributed by atoms with Crippen LogP contribution in [0.5, 0.6) is 0 Å².